The first kappa shape index (κ1) is 19.0. The molecule has 0 aromatic carbocycles. The summed E-state index contributed by atoms with van der Waals surface area (Å²) in [4.78, 5) is 36.5. The number of carbonyl (C=O) groups is 3. The average molecular weight is 350 g/mol. The Morgan fingerprint density at radius 2 is 1.88 bits per heavy atom. The predicted octanol–water partition coefficient (Wildman–Crippen LogP) is 2.50. The van der Waals surface area contributed by atoms with Crippen molar-refractivity contribution < 1.29 is 23.9 Å². The molecule has 1 aromatic heterocycles. The van der Waals surface area contributed by atoms with Gasteiger partial charge in [0.1, 0.15) is 16.9 Å². The molecular weight excluding hydrogens is 324 g/mol. The molecule has 0 radical (unpaired) electrons. The molecule has 0 atom stereocenters. The van der Waals surface area contributed by atoms with Crippen LogP contribution >= 0.6 is 0 Å². The highest BCUT2D eigenvalue weighted by Crippen LogP contribution is 2.29. The van der Waals surface area contributed by atoms with Crippen LogP contribution in [0.4, 0.5) is 0 Å². The summed E-state index contributed by atoms with van der Waals surface area (Å²) >= 11 is 0. The molecule has 2 rings (SSSR count). The van der Waals surface area contributed by atoms with E-state index >= 15 is 0 Å². The molecule has 3 N–H and O–H groups in total. The predicted molar refractivity (Wildman–Crippen MR) is 91.6 cm³/mol. The third-order valence-electron chi connectivity index (χ3n) is 4.61. The minimum Gasteiger partial charge on any atom is -0.478 e. The Kier molecular flexibility index (Phi) is 6.22. The maximum Gasteiger partial charge on any atom is 0.339 e. The van der Waals surface area contributed by atoms with Gasteiger partial charge in [-0.3, -0.25) is 9.59 Å². The lowest BCUT2D eigenvalue weighted by molar-refractivity contribution is -0.128. The number of nitrogens with one attached hydrogen (secondary N) is 2. The standard InChI is InChI=1S/C18H26N2O5/c1-3-10-19-17(24)18(8-6-5-7-9-18)20-15(21)14-11-12(16(22)23)13(4-2)25-14/h11H,3-10H2,1-2H3,(H,19,24)(H,20,21)(H,22,23). The summed E-state index contributed by atoms with van der Waals surface area (Å²) < 4.78 is 5.41. The van der Waals surface area contributed by atoms with E-state index in [0.717, 1.165) is 25.7 Å². The number of amides is 2. The smallest absolute Gasteiger partial charge is 0.339 e. The van der Waals surface area contributed by atoms with E-state index in [0.29, 0.717) is 25.8 Å². The van der Waals surface area contributed by atoms with Crippen LogP contribution in [-0.4, -0.2) is 35.0 Å². The summed E-state index contributed by atoms with van der Waals surface area (Å²) in [5, 5.41) is 14.9. The first-order valence-corrected chi connectivity index (χ1v) is 8.90. The van der Waals surface area contributed by atoms with Crippen LogP contribution in [0.15, 0.2) is 10.5 Å². The van der Waals surface area contributed by atoms with Gasteiger partial charge in [-0.25, -0.2) is 4.79 Å². The van der Waals surface area contributed by atoms with Gasteiger partial charge < -0.3 is 20.2 Å². The van der Waals surface area contributed by atoms with Crippen LogP contribution in [0.1, 0.15) is 79.0 Å². The number of hydrogen-bond donors (Lipinski definition) is 3. The molecule has 0 unspecified atom stereocenters. The highest BCUT2D eigenvalue weighted by molar-refractivity contribution is 5.99. The fourth-order valence-electron chi connectivity index (χ4n) is 3.24. The van der Waals surface area contributed by atoms with Gasteiger partial charge in [-0.2, -0.15) is 0 Å². The molecule has 7 heteroatoms. The van der Waals surface area contributed by atoms with Crippen LogP contribution in [0.3, 0.4) is 0 Å². The van der Waals surface area contributed by atoms with Crippen molar-refractivity contribution in [2.75, 3.05) is 6.54 Å². The van der Waals surface area contributed by atoms with Crippen LogP contribution in [0, 0.1) is 0 Å². The SMILES string of the molecule is CCCNC(=O)C1(NC(=O)c2cc(C(=O)O)c(CC)o2)CCCCC1. The number of carbonyl (C=O) groups excluding carboxylic acids is 2. The summed E-state index contributed by atoms with van der Waals surface area (Å²) in [5.41, 5.74) is -0.964. The average Bonchev–Trinajstić information content (AvgIpc) is 3.05. The fourth-order valence-corrected chi connectivity index (χ4v) is 3.24. The number of hydrogen-bond acceptors (Lipinski definition) is 4. The molecule has 0 saturated heterocycles. The number of rotatable bonds is 7. The van der Waals surface area contributed by atoms with Crippen LogP contribution in [0.2, 0.25) is 0 Å². The molecule has 0 bridgehead atoms. The Labute approximate surface area is 147 Å². The topological polar surface area (TPSA) is 109 Å². The second-order valence-corrected chi connectivity index (χ2v) is 6.46. The van der Waals surface area contributed by atoms with Gasteiger partial charge in [0.05, 0.1) is 0 Å². The molecule has 1 aliphatic carbocycles. The Bertz CT molecular complexity index is 644. The summed E-state index contributed by atoms with van der Waals surface area (Å²) in [6.07, 6.45) is 5.08. The van der Waals surface area contributed by atoms with Gasteiger partial charge in [0.2, 0.25) is 5.91 Å². The summed E-state index contributed by atoms with van der Waals surface area (Å²) in [6, 6.07) is 1.23. The van der Waals surface area contributed by atoms with Gasteiger partial charge in [-0.05, 0) is 19.3 Å². The summed E-state index contributed by atoms with van der Waals surface area (Å²) in [6.45, 7) is 4.28. The fraction of sp³-hybridized carbons (Fsp3) is 0.611. The number of carboxylic acid groups (broad SMARTS) is 1. The van der Waals surface area contributed by atoms with E-state index in [-0.39, 0.29) is 23.0 Å². The van der Waals surface area contributed by atoms with Crippen molar-refractivity contribution in [1.29, 1.82) is 0 Å². The Balaban J connectivity index is 2.22. The van der Waals surface area contributed by atoms with E-state index in [4.69, 9.17) is 4.42 Å². The summed E-state index contributed by atoms with van der Waals surface area (Å²) in [7, 11) is 0. The van der Waals surface area contributed by atoms with Gasteiger partial charge in [-0.15, -0.1) is 0 Å². The Morgan fingerprint density at radius 3 is 2.40 bits per heavy atom. The van der Waals surface area contributed by atoms with Gasteiger partial charge in [0.25, 0.3) is 5.91 Å². The normalized spacial score (nSPS) is 16.2. The Hall–Kier alpha value is -2.31. The van der Waals surface area contributed by atoms with Crippen LogP contribution in [-0.2, 0) is 11.2 Å². The highest BCUT2D eigenvalue weighted by atomic mass is 16.4. The molecule has 0 spiro atoms. The first-order valence-electron chi connectivity index (χ1n) is 8.90. The third-order valence-corrected chi connectivity index (χ3v) is 4.61. The van der Waals surface area contributed by atoms with Gasteiger partial charge in [-0.1, -0.05) is 33.1 Å². The molecule has 7 nitrogen and oxygen atoms in total. The lowest BCUT2D eigenvalue weighted by atomic mass is 9.80. The van der Waals surface area contributed by atoms with Crippen molar-refractivity contribution in [3.63, 3.8) is 0 Å². The largest absolute Gasteiger partial charge is 0.478 e. The van der Waals surface area contributed by atoms with E-state index in [1.807, 2.05) is 6.92 Å². The molecule has 1 aliphatic rings. The second kappa shape index (κ2) is 8.18. The quantitative estimate of drug-likeness (QED) is 0.700. The number of furan rings is 1. The molecule has 1 heterocycles. The maximum absolute atomic E-state index is 12.6. The highest BCUT2D eigenvalue weighted by Gasteiger charge is 2.41. The van der Waals surface area contributed by atoms with E-state index in [1.165, 1.54) is 6.07 Å². The van der Waals surface area contributed by atoms with E-state index < -0.39 is 17.4 Å². The van der Waals surface area contributed by atoms with Crippen LogP contribution in [0.25, 0.3) is 0 Å². The molecule has 0 aliphatic heterocycles. The minimum atomic E-state index is -1.13. The first-order chi connectivity index (χ1) is 11.9. The zero-order valence-electron chi connectivity index (χ0n) is 14.8. The number of carboxylic acids is 1. The monoisotopic (exact) mass is 350 g/mol. The van der Waals surface area contributed by atoms with Gasteiger partial charge >= 0.3 is 5.97 Å². The lowest BCUT2D eigenvalue weighted by Gasteiger charge is -2.36. The minimum absolute atomic E-state index is 0.0132. The third kappa shape index (κ3) is 4.21. The molecule has 1 fully saturated rings. The van der Waals surface area contributed by atoms with Crippen molar-refractivity contribution in [1.82, 2.24) is 10.6 Å². The van der Waals surface area contributed by atoms with Crippen molar-refractivity contribution >= 4 is 17.8 Å². The molecule has 1 aromatic rings. The maximum atomic E-state index is 12.6. The van der Waals surface area contributed by atoms with Crippen molar-refractivity contribution in [3.8, 4) is 0 Å². The molecular formula is C18H26N2O5. The van der Waals surface area contributed by atoms with Gasteiger partial charge in [0, 0.05) is 19.0 Å². The van der Waals surface area contributed by atoms with E-state index in [9.17, 15) is 19.5 Å². The number of aryl methyl sites for hydroxylation is 1. The molecule has 25 heavy (non-hydrogen) atoms. The van der Waals surface area contributed by atoms with Gasteiger partial charge in [0.15, 0.2) is 5.76 Å². The zero-order valence-corrected chi connectivity index (χ0v) is 14.8. The second-order valence-electron chi connectivity index (χ2n) is 6.46. The van der Waals surface area contributed by atoms with E-state index in [2.05, 4.69) is 10.6 Å². The van der Waals surface area contributed by atoms with Crippen LogP contribution < -0.4 is 10.6 Å². The van der Waals surface area contributed by atoms with Crippen molar-refractivity contribution in [2.24, 2.45) is 0 Å². The van der Waals surface area contributed by atoms with Crippen molar-refractivity contribution in [2.45, 2.75) is 64.3 Å². The molecule has 2 amide bonds. The van der Waals surface area contributed by atoms with E-state index in [1.54, 1.807) is 6.92 Å². The number of aromatic carboxylic acids is 1. The van der Waals surface area contributed by atoms with Crippen molar-refractivity contribution in [3.05, 3.63) is 23.2 Å². The zero-order chi connectivity index (χ0) is 18.4. The Morgan fingerprint density at radius 1 is 1.20 bits per heavy atom. The lowest BCUT2D eigenvalue weighted by Crippen LogP contribution is -2.59. The summed E-state index contributed by atoms with van der Waals surface area (Å²) in [5.74, 6) is -1.67. The van der Waals surface area contributed by atoms with Crippen LogP contribution in [0.5, 0.6) is 0 Å². The molecule has 1 saturated carbocycles. The molecule has 138 valence electrons.